The Hall–Kier alpha value is -0.520. The number of aromatic nitrogens is 3. The van der Waals surface area contributed by atoms with Gasteiger partial charge in [-0.15, -0.1) is 0 Å². The number of nitrogens with two attached hydrogens (primary N) is 1. The van der Waals surface area contributed by atoms with Crippen molar-refractivity contribution in [3.63, 3.8) is 0 Å². The standard InChI is InChI=1S/C8H6BrIN4O2S/c9-4-1-2-6(10)5(3-4)7-12-8(14-13-7)17(11,15)16/h1-3H,(H2,11,15,16)(H,12,13,14). The molecule has 0 aliphatic carbocycles. The molecule has 0 fully saturated rings. The van der Waals surface area contributed by atoms with Crippen LogP contribution in [0.1, 0.15) is 0 Å². The minimum Gasteiger partial charge on any atom is -0.248 e. The normalized spacial score (nSPS) is 11.7. The van der Waals surface area contributed by atoms with Gasteiger partial charge in [0.05, 0.1) is 0 Å². The first-order valence-electron chi connectivity index (χ1n) is 4.28. The van der Waals surface area contributed by atoms with Crippen LogP contribution < -0.4 is 5.14 Å². The first kappa shape index (κ1) is 12.9. The summed E-state index contributed by atoms with van der Waals surface area (Å²) in [7, 11) is -3.86. The molecule has 0 aliphatic rings. The molecule has 17 heavy (non-hydrogen) atoms. The first-order chi connectivity index (χ1) is 7.88. The minimum absolute atomic E-state index is 0.291. The molecule has 1 aromatic carbocycles. The molecule has 0 amide bonds. The Morgan fingerprint density at radius 2 is 2.12 bits per heavy atom. The van der Waals surface area contributed by atoms with Gasteiger partial charge in [0, 0.05) is 13.6 Å². The summed E-state index contributed by atoms with van der Waals surface area (Å²) in [6.07, 6.45) is 0. The molecule has 9 heteroatoms. The van der Waals surface area contributed by atoms with Crippen molar-refractivity contribution in [2.45, 2.75) is 5.16 Å². The summed E-state index contributed by atoms with van der Waals surface area (Å²) in [5, 5.41) is 10.7. The molecule has 1 heterocycles. The van der Waals surface area contributed by atoms with Crippen LogP contribution in [0.4, 0.5) is 0 Å². The van der Waals surface area contributed by atoms with Crippen molar-refractivity contribution in [1.82, 2.24) is 15.2 Å². The molecule has 90 valence electrons. The van der Waals surface area contributed by atoms with E-state index in [0.29, 0.717) is 5.82 Å². The van der Waals surface area contributed by atoms with Crippen LogP contribution in [0.3, 0.4) is 0 Å². The summed E-state index contributed by atoms with van der Waals surface area (Å²) in [4.78, 5) is 3.85. The van der Waals surface area contributed by atoms with Crippen LogP contribution in [0.2, 0.25) is 0 Å². The summed E-state index contributed by atoms with van der Waals surface area (Å²) >= 11 is 5.44. The van der Waals surface area contributed by atoms with Crippen LogP contribution in [-0.4, -0.2) is 23.6 Å². The van der Waals surface area contributed by atoms with Crippen molar-refractivity contribution in [2.75, 3.05) is 0 Å². The van der Waals surface area contributed by atoms with Gasteiger partial charge in [0.25, 0.3) is 15.2 Å². The minimum atomic E-state index is -3.86. The second-order valence-corrected chi connectivity index (χ2v) is 6.69. The van der Waals surface area contributed by atoms with Gasteiger partial charge in [0.1, 0.15) is 0 Å². The second-order valence-electron chi connectivity index (χ2n) is 3.13. The van der Waals surface area contributed by atoms with E-state index in [9.17, 15) is 8.42 Å². The maximum absolute atomic E-state index is 11.1. The number of primary sulfonamides is 1. The summed E-state index contributed by atoms with van der Waals surface area (Å²) < 4.78 is 23.9. The van der Waals surface area contributed by atoms with Gasteiger partial charge in [-0.25, -0.2) is 18.7 Å². The van der Waals surface area contributed by atoms with Crippen molar-refractivity contribution in [3.8, 4) is 11.4 Å². The lowest BCUT2D eigenvalue weighted by molar-refractivity contribution is 0.589. The van der Waals surface area contributed by atoms with Gasteiger partial charge in [0.2, 0.25) is 0 Å². The number of rotatable bonds is 2. The van der Waals surface area contributed by atoms with Crippen molar-refractivity contribution in [2.24, 2.45) is 5.14 Å². The molecular weight excluding hydrogens is 423 g/mol. The highest BCUT2D eigenvalue weighted by Gasteiger charge is 2.16. The average Bonchev–Trinajstić information content (AvgIpc) is 2.70. The number of nitrogens with zero attached hydrogens (tertiary/aromatic N) is 2. The zero-order valence-electron chi connectivity index (χ0n) is 8.18. The highest BCUT2D eigenvalue weighted by molar-refractivity contribution is 14.1. The number of benzene rings is 1. The molecule has 0 aliphatic heterocycles. The van der Waals surface area contributed by atoms with Crippen molar-refractivity contribution in [1.29, 1.82) is 0 Å². The quantitative estimate of drug-likeness (QED) is 0.707. The number of nitrogens with one attached hydrogen (secondary N) is 1. The summed E-state index contributed by atoms with van der Waals surface area (Å²) in [5.74, 6) is 0.291. The van der Waals surface area contributed by atoms with Gasteiger partial charge in [-0.2, -0.15) is 10.1 Å². The number of H-pyrrole nitrogens is 1. The fourth-order valence-corrected chi connectivity index (χ4v) is 2.49. The van der Waals surface area contributed by atoms with E-state index in [1.165, 1.54) is 0 Å². The van der Waals surface area contributed by atoms with Crippen molar-refractivity contribution in [3.05, 3.63) is 26.2 Å². The number of halogens is 2. The van der Waals surface area contributed by atoms with E-state index in [0.717, 1.165) is 13.6 Å². The van der Waals surface area contributed by atoms with Gasteiger partial charge >= 0.3 is 0 Å². The van der Waals surface area contributed by atoms with E-state index in [2.05, 4.69) is 53.7 Å². The third-order valence-corrected chi connectivity index (χ3v) is 4.06. The van der Waals surface area contributed by atoms with Gasteiger partial charge in [-0.1, -0.05) is 15.9 Å². The Bertz CT molecular complexity index is 670. The molecule has 0 atom stereocenters. The molecule has 2 rings (SSSR count). The monoisotopic (exact) mass is 428 g/mol. The van der Waals surface area contributed by atoms with E-state index in [1.807, 2.05) is 12.1 Å². The van der Waals surface area contributed by atoms with Crippen LogP contribution in [0, 0.1) is 3.57 Å². The molecule has 3 N–H and O–H groups in total. The third-order valence-electron chi connectivity index (χ3n) is 1.90. The highest BCUT2D eigenvalue weighted by Crippen LogP contribution is 2.26. The maximum Gasteiger partial charge on any atom is 0.273 e. The van der Waals surface area contributed by atoms with E-state index < -0.39 is 10.0 Å². The first-order valence-corrected chi connectivity index (χ1v) is 7.70. The smallest absolute Gasteiger partial charge is 0.248 e. The summed E-state index contributed by atoms with van der Waals surface area (Å²) in [5.41, 5.74) is 0.728. The lowest BCUT2D eigenvalue weighted by atomic mass is 10.2. The number of sulfonamides is 1. The maximum atomic E-state index is 11.1. The van der Waals surface area contributed by atoms with Gasteiger partial charge < -0.3 is 0 Å². The molecule has 0 unspecified atom stereocenters. The van der Waals surface area contributed by atoms with Crippen LogP contribution >= 0.6 is 38.5 Å². The van der Waals surface area contributed by atoms with Crippen LogP contribution in [0.25, 0.3) is 11.4 Å². The van der Waals surface area contributed by atoms with Gasteiger partial charge in [0.15, 0.2) is 5.82 Å². The number of aromatic amines is 1. The van der Waals surface area contributed by atoms with E-state index in [-0.39, 0.29) is 5.16 Å². The molecule has 2 aromatic rings. The summed E-state index contributed by atoms with van der Waals surface area (Å²) in [6.45, 7) is 0. The molecular formula is C8H6BrIN4O2S. The molecule has 0 saturated carbocycles. The molecule has 0 bridgehead atoms. The van der Waals surface area contributed by atoms with E-state index >= 15 is 0 Å². The van der Waals surface area contributed by atoms with E-state index in [1.54, 1.807) is 6.07 Å². The SMILES string of the molecule is NS(=O)(=O)c1nc(-c2cc(Br)ccc2I)n[nH]1. The Morgan fingerprint density at radius 1 is 1.41 bits per heavy atom. The van der Waals surface area contributed by atoms with Crippen LogP contribution in [-0.2, 0) is 10.0 Å². The predicted molar refractivity (Wildman–Crippen MR) is 73.6 cm³/mol. The van der Waals surface area contributed by atoms with Crippen molar-refractivity contribution >= 4 is 48.5 Å². The Morgan fingerprint density at radius 3 is 2.71 bits per heavy atom. The topological polar surface area (TPSA) is 102 Å². The molecule has 0 spiro atoms. The van der Waals surface area contributed by atoms with Gasteiger partial charge in [-0.3, -0.25) is 0 Å². The van der Waals surface area contributed by atoms with E-state index in [4.69, 9.17) is 5.14 Å². The molecule has 0 saturated heterocycles. The van der Waals surface area contributed by atoms with Gasteiger partial charge in [-0.05, 0) is 40.8 Å². The summed E-state index contributed by atoms with van der Waals surface area (Å²) in [6, 6.07) is 5.54. The van der Waals surface area contributed by atoms with Crippen LogP contribution in [0.5, 0.6) is 0 Å². The number of hydrogen-bond donors (Lipinski definition) is 2. The molecule has 1 aromatic heterocycles. The zero-order chi connectivity index (χ0) is 12.6. The molecule has 6 nitrogen and oxygen atoms in total. The Labute approximate surface area is 119 Å². The fourth-order valence-electron chi connectivity index (χ4n) is 1.16. The highest BCUT2D eigenvalue weighted by atomic mass is 127. The van der Waals surface area contributed by atoms with Crippen LogP contribution in [0.15, 0.2) is 27.8 Å². The lowest BCUT2D eigenvalue weighted by Gasteiger charge is -1.99. The lowest BCUT2D eigenvalue weighted by Crippen LogP contribution is -2.13. The third kappa shape index (κ3) is 2.84. The predicted octanol–water partition coefficient (Wildman–Crippen LogP) is 1.49. The average molecular weight is 429 g/mol. The molecule has 0 radical (unpaired) electrons. The Balaban J connectivity index is 2.55. The number of hydrogen-bond acceptors (Lipinski definition) is 4. The second kappa shape index (κ2) is 4.63. The Kier molecular flexibility index (Phi) is 3.52. The largest absolute Gasteiger partial charge is 0.273 e. The zero-order valence-corrected chi connectivity index (χ0v) is 12.7. The fraction of sp³-hybridized carbons (Fsp3) is 0. The van der Waals surface area contributed by atoms with Crippen molar-refractivity contribution < 1.29 is 8.42 Å².